The van der Waals surface area contributed by atoms with Crippen molar-refractivity contribution in [2.45, 2.75) is 51.6 Å². The number of thiophene rings is 1. The second kappa shape index (κ2) is 4.26. The minimum atomic E-state index is -0.421. The first-order valence-electron chi connectivity index (χ1n) is 5.94. The molecule has 0 aromatic carbocycles. The SMILES string of the molecule is CCc1ccc(CC2(O)CCCC2C)s1. The van der Waals surface area contributed by atoms with E-state index in [1.165, 1.54) is 22.6 Å². The highest BCUT2D eigenvalue weighted by Crippen LogP contribution is 2.38. The van der Waals surface area contributed by atoms with Crippen molar-refractivity contribution in [3.8, 4) is 0 Å². The van der Waals surface area contributed by atoms with E-state index >= 15 is 0 Å². The largest absolute Gasteiger partial charge is 0.389 e. The van der Waals surface area contributed by atoms with E-state index in [1.54, 1.807) is 0 Å². The summed E-state index contributed by atoms with van der Waals surface area (Å²) in [4.78, 5) is 2.78. The molecule has 1 heterocycles. The zero-order chi connectivity index (χ0) is 10.9. The molecule has 0 saturated heterocycles. The molecule has 1 nitrogen and oxygen atoms in total. The Morgan fingerprint density at radius 2 is 2.20 bits per heavy atom. The summed E-state index contributed by atoms with van der Waals surface area (Å²) < 4.78 is 0. The topological polar surface area (TPSA) is 20.2 Å². The summed E-state index contributed by atoms with van der Waals surface area (Å²) in [7, 11) is 0. The van der Waals surface area contributed by atoms with Crippen molar-refractivity contribution >= 4 is 11.3 Å². The molecular formula is C13H20OS. The van der Waals surface area contributed by atoms with E-state index in [4.69, 9.17) is 0 Å². The van der Waals surface area contributed by atoms with Crippen LogP contribution < -0.4 is 0 Å². The predicted octanol–water partition coefficient (Wildman–Crippen LogP) is 3.40. The number of hydrogen-bond donors (Lipinski definition) is 1. The second-order valence-electron chi connectivity index (χ2n) is 4.80. The van der Waals surface area contributed by atoms with Crippen LogP contribution in [0.5, 0.6) is 0 Å². The molecule has 0 radical (unpaired) electrons. The van der Waals surface area contributed by atoms with E-state index in [2.05, 4.69) is 26.0 Å². The smallest absolute Gasteiger partial charge is 0.0721 e. The fourth-order valence-electron chi connectivity index (χ4n) is 2.50. The molecule has 15 heavy (non-hydrogen) atoms. The van der Waals surface area contributed by atoms with Crippen LogP contribution >= 0.6 is 11.3 Å². The summed E-state index contributed by atoms with van der Waals surface area (Å²) >= 11 is 1.86. The second-order valence-corrected chi connectivity index (χ2v) is 6.05. The van der Waals surface area contributed by atoms with Crippen LogP contribution in [0.1, 0.15) is 42.9 Å². The molecule has 1 saturated carbocycles. The number of aliphatic hydroxyl groups is 1. The third kappa shape index (κ3) is 2.26. The molecule has 1 aliphatic rings. The summed E-state index contributed by atoms with van der Waals surface area (Å²) in [5, 5.41) is 10.5. The minimum Gasteiger partial charge on any atom is -0.389 e. The average molecular weight is 224 g/mol. The molecule has 84 valence electrons. The van der Waals surface area contributed by atoms with E-state index in [1.807, 2.05) is 11.3 Å². The molecule has 0 amide bonds. The Hall–Kier alpha value is -0.340. The molecule has 2 heteroatoms. The van der Waals surface area contributed by atoms with Crippen molar-refractivity contribution in [2.24, 2.45) is 5.92 Å². The van der Waals surface area contributed by atoms with Gasteiger partial charge in [0.25, 0.3) is 0 Å². The Bertz CT molecular complexity index is 331. The van der Waals surface area contributed by atoms with E-state index < -0.39 is 5.60 Å². The van der Waals surface area contributed by atoms with E-state index in [0.717, 1.165) is 19.3 Å². The Kier molecular flexibility index (Phi) is 3.17. The zero-order valence-corrected chi connectivity index (χ0v) is 10.4. The van der Waals surface area contributed by atoms with Crippen LogP contribution in [0.15, 0.2) is 12.1 Å². The van der Waals surface area contributed by atoms with Gasteiger partial charge in [-0.3, -0.25) is 0 Å². The van der Waals surface area contributed by atoms with Crippen LogP contribution in [0.3, 0.4) is 0 Å². The molecule has 1 aromatic rings. The molecule has 1 N–H and O–H groups in total. The number of aryl methyl sites for hydroxylation is 1. The quantitative estimate of drug-likeness (QED) is 0.834. The lowest BCUT2D eigenvalue weighted by atomic mass is 9.88. The lowest BCUT2D eigenvalue weighted by Gasteiger charge is -2.27. The lowest BCUT2D eigenvalue weighted by molar-refractivity contribution is 0.0103. The Morgan fingerprint density at radius 1 is 1.47 bits per heavy atom. The van der Waals surface area contributed by atoms with Crippen LogP contribution in [0.25, 0.3) is 0 Å². The zero-order valence-electron chi connectivity index (χ0n) is 9.62. The van der Waals surface area contributed by atoms with Gasteiger partial charge in [0, 0.05) is 16.2 Å². The summed E-state index contributed by atoms with van der Waals surface area (Å²) in [5.74, 6) is 0.463. The van der Waals surface area contributed by atoms with Gasteiger partial charge in [-0.15, -0.1) is 11.3 Å². The molecule has 1 aromatic heterocycles. The van der Waals surface area contributed by atoms with Gasteiger partial charge in [0.2, 0.25) is 0 Å². The molecule has 1 fully saturated rings. The van der Waals surface area contributed by atoms with Gasteiger partial charge in [0.15, 0.2) is 0 Å². The Morgan fingerprint density at radius 3 is 2.73 bits per heavy atom. The van der Waals surface area contributed by atoms with Crippen molar-refractivity contribution in [1.82, 2.24) is 0 Å². The van der Waals surface area contributed by atoms with Crippen molar-refractivity contribution in [3.05, 3.63) is 21.9 Å². The third-order valence-electron chi connectivity index (χ3n) is 3.71. The maximum absolute atomic E-state index is 10.5. The van der Waals surface area contributed by atoms with Gasteiger partial charge < -0.3 is 5.11 Å². The average Bonchev–Trinajstić information content (AvgIpc) is 2.76. The standard InChI is InChI=1S/C13H20OS/c1-3-11-6-7-12(15-11)9-13(14)8-4-5-10(13)2/h6-7,10,14H,3-5,8-9H2,1-2H3. The van der Waals surface area contributed by atoms with Crippen LogP contribution in [-0.4, -0.2) is 10.7 Å². The van der Waals surface area contributed by atoms with Gasteiger partial charge in [0.1, 0.15) is 0 Å². The first kappa shape index (κ1) is 11.2. The normalized spacial score (nSPS) is 31.0. The van der Waals surface area contributed by atoms with Gasteiger partial charge in [-0.25, -0.2) is 0 Å². The first-order chi connectivity index (χ1) is 7.14. The summed E-state index contributed by atoms with van der Waals surface area (Å²) in [5.41, 5.74) is -0.421. The first-order valence-corrected chi connectivity index (χ1v) is 6.75. The van der Waals surface area contributed by atoms with Crippen molar-refractivity contribution < 1.29 is 5.11 Å². The maximum Gasteiger partial charge on any atom is 0.0721 e. The van der Waals surface area contributed by atoms with Crippen molar-refractivity contribution in [3.63, 3.8) is 0 Å². The lowest BCUT2D eigenvalue weighted by Crippen LogP contribution is -2.33. The summed E-state index contributed by atoms with van der Waals surface area (Å²) in [6.07, 6.45) is 5.32. The molecule has 2 rings (SSSR count). The highest BCUT2D eigenvalue weighted by Gasteiger charge is 2.38. The molecule has 1 aliphatic carbocycles. The van der Waals surface area contributed by atoms with Gasteiger partial charge in [-0.05, 0) is 37.3 Å². The van der Waals surface area contributed by atoms with Crippen molar-refractivity contribution in [1.29, 1.82) is 0 Å². The monoisotopic (exact) mass is 224 g/mol. The molecule has 2 unspecified atom stereocenters. The van der Waals surface area contributed by atoms with E-state index in [0.29, 0.717) is 5.92 Å². The van der Waals surface area contributed by atoms with Crippen LogP contribution in [0.4, 0.5) is 0 Å². The van der Waals surface area contributed by atoms with Gasteiger partial charge in [-0.2, -0.15) is 0 Å². The highest BCUT2D eigenvalue weighted by molar-refractivity contribution is 7.12. The Labute approximate surface area is 96.1 Å². The predicted molar refractivity (Wildman–Crippen MR) is 65.4 cm³/mol. The third-order valence-corrected chi connectivity index (χ3v) is 4.94. The van der Waals surface area contributed by atoms with E-state index in [9.17, 15) is 5.11 Å². The molecule has 2 atom stereocenters. The van der Waals surface area contributed by atoms with Gasteiger partial charge in [-0.1, -0.05) is 20.3 Å². The maximum atomic E-state index is 10.5. The Balaban J connectivity index is 2.07. The van der Waals surface area contributed by atoms with Crippen molar-refractivity contribution in [2.75, 3.05) is 0 Å². The molecule has 0 spiro atoms. The minimum absolute atomic E-state index is 0.421. The van der Waals surface area contributed by atoms with Crippen LogP contribution in [0, 0.1) is 5.92 Å². The summed E-state index contributed by atoms with van der Waals surface area (Å²) in [6, 6.07) is 4.38. The van der Waals surface area contributed by atoms with Gasteiger partial charge in [0.05, 0.1) is 5.60 Å². The number of hydrogen-bond acceptors (Lipinski definition) is 2. The summed E-state index contributed by atoms with van der Waals surface area (Å²) in [6.45, 7) is 4.36. The number of rotatable bonds is 3. The van der Waals surface area contributed by atoms with E-state index in [-0.39, 0.29) is 0 Å². The van der Waals surface area contributed by atoms with Crippen LogP contribution in [-0.2, 0) is 12.8 Å². The highest BCUT2D eigenvalue weighted by atomic mass is 32.1. The molecular weight excluding hydrogens is 204 g/mol. The van der Waals surface area contributed by atoms with Crippen LogP contribution in [0.2, 0.25) is 0 Å². The molecule has 0 bridgehead atoms. The molecule has 0 aliphatic heterocycles. The fraction of sp³-hybridized carbons (Fsp3) is 0.692. The fourth-order valence-corrected chi connectivity index (χ4v) is 3.58. The van der Waals surface area contributed by atoms with Gasteiger partial charge >= 0.3 is 0 Å².